The quantitative estimate of drug-likeness (QED) is 0.0343. The Balaban J connectivity index is -0.00000113. The fourth-order valence-corrected chi connectivity index (χ4v) is 10.7. The average molecular weight is 1130 g/mol. The van der Waals surface area contributed by atoms with Crippen molar-refractivity contribution in [3.8, 4) is 0 Å². The summed E-state index contributed by atoms with van der Waals surface area (Å²) in [6.45, 7) is 17.6. The van der Waals surface area contributed by atoms with Crippen LogP contribution in [0.3, 0.4) is 0 Å². The topological polar surface area (TPSA) is 78.9 Å². The van der Waals surface area contributed by atoms with Crippen molar-refractivity contribution in [1.29, 1.82) is 0 Å². The van der Waals surface area contributed by atoms with Gasteiger partial charge in [0, 0.05) is 19.3 Å². The van der Waals surface area contributed by atoms with Gasteiger partial charge in [-0.15, -0.1) is 0 Å². The molecule has 0 radical (unpaired) electrons. The van der Waals surface area contributed by atoms with Gasteiger partial charge in [0.2, 0.25) is 0 Å². The van der Waals surface area contributed by atoms with Gasteiger partial charge in [0.1, 0.15) is 0 Å². The van der Waals surface area contributed by atoms with Crippen LogP contribution in [0.2, 0.25) is 0 Å². The third-order valence-electron chi connectivity index (χ3n) is 16.5. The molecule has 0 fully saturated rings. The van der Waals surface area contributed by atoms with Crippen LogP contribution in [0.5, 0.6) is 0 Å². The Morgan fingerprint density at radius 2 is 0.412 bits per heavy atom. The van der Waals surface area contributed by atoms with Gasteiger partial charge in [-0.05, 0) is 44.4 Å². The van der Waals surface area contributed by atoms with Crippen molar-refractivity contribution in [3.63, 3.8) is 0 Å². The number of esters is 3. The molecule has 0 bridgehead atoms. The van der Waals surface area contributed by atoms with Crippen molar-refractivity contribution in [2.75, 3.05) is 19.8 Å². The highest BCUT2D eigenvalue weighted by atomic mass is 16.5. The van der Waals surface area contributed by atoms with E-state index in [0.717, 1.165) is 38.5 Å². The maximum Gasteiger partial charge on any atom is 0.305 e. The van der Waals surface area contributed by atoms with Crippen LogP contribution >= 0.6 is 0 Å². The van der Waals surface area contributed by atoms with Crippen LogP contribution in [0, 0.1) is 5.92 Å². The Bertz CT molecular complexity index is 1140. The molecule has 80 heavy (non-hydrogen) atoms. The van der Waals surface area contributed by atoms with E-state index in [9.17, 15) is 14.4 Å². The molecule has 0 N–H and O–H groups in total. The van der Waals surface area contributed by atoms with E-state index < -0.39 is 0 Å². The molecule has 1 atom stereocenters. The molecule has 0 aromatic carbocycles. The first kappa shape index (κ1) is 82.6. The molecule has 6 nitrogen and oxygen atoms in total. The molecule has 480 valence electrons. The number of carbonyl (C=O) groups excluding carboxylic acids is 3. The second-order valence-electron chi connectivity index (χ2n) is 24.8. The fraction of sp³-hybridized carbons (Fsp3) is 0.959. The first-order valence-electron chi connectivity index (χ1n) is 36.8. The zero-order valence-electron chi connectivity index (χ0n) is 56.1. The lowest BCUT2D eigenvalue weighted by Crippen LogP contribution is -2.13. The van der Waals surface area contributed by atoms with Gasteiger partial charge in [0.05, 0.1) is 19.8 Å². The van der Waals surface area contributed by atoms with Crippen LogP contribution in [-0.4, -0.2) is 37.7 Å². The van der Waals surface area contributed by atoms with E-state index >= 15 is 0 Å². The van der Waals surface area contributed by atoms with Crippen molar-refractivity contribution in [1.82, 2.24) is 0 Å². The van der Waals surface area contributed by atoms with E-state index in [0.29, 0.717) is 45.0 Å². The molecule has 0 aromatic heterocycles. The second kappa shape index (κ2) is 77.4. The minimum Gasteiger partial charge on any atom is -0.466 e. The molecule has 0 aliphatic carbocycles. The lowest BCUT2D eigenvalue weighted by Gasteiger charge is -2.14. The van der Waals surface area contributed by atoms with Crippen LogP contribution in [0.25, 0.3) is 0 Å². The Hall–Kier alpha value is -1.59. The second-order valence-corrected chi connectivity index (χ2v) is 24.8. The summed E-state index contributed by atoms with van der Waals surface area (Å²) in [5.41, 5.74) is 0. The van der Waals surface area contributed by atoms with E-state index in [1.54, 1.807) is 0 Å². The van der Waals surface area contributed by atoms with Gasteiger partial charge in [-0.1, -0.05) is 376 Å². The largest absolute Gasteiger partial charge is 0.466 e. The molecular weight excluding hydrogens is 985 g/mol. The summed E-state index contributed by atoms with van der Waals surface area (Å²) in [7, 11) is 0. The van der Waals surface area contributed by atoms with E-state index in [1.807, 2.05) is 0 Å². The molecule has 0 aliphatic heterocycles. The molecule has 0 aromatic rings. The number of carbonyl (C=O) groups is 3. The Morgan fingerprint density at radius 3 is 0.625 bits per heavy atom. The van der Waals surface area contributed by atoms with E-state index in [1.165, 1.54) is 327 Å². The number of hydrogen-bond acceptors (Lipinski definition) is 6. The first-order valence-corrected chi connectivity index (χ1v) is 36.8. The molecule has 0 saturated heterocycles. The molecule has 0 aliphatic rings. The predicted octanol–water partition coefficient (Wildman–Crippen LogP) is 25.8. The van der Waals surface area contributed by atoms with Crippen LogP contribution in [-0.2, 0) is 28.6 Å². The Kier molecular flexibility index (Phi) is 79.9. The monoisotopic (exact) mass is 1130 g/mol. The molecule has 0 rings (SSSR count). The highest BCUT2D eigenvalue weighted by molar-refractivity contribution is 5.69. The van der Waals surface area contributed by atoms with Gasteiger partial charge in [-0.3, -0.25) is 14.4 Å². The van der Waals surface area contributed by atoms with Crippen molar-refractivity contribution in [2.24, 2.45) is 5.92 Å². The maximum absolute atomic E-state index is 11.7. The minimum atomic E-state index is 0.0119. The summed E-state index contributed by atoms with van der Waals surface area (Å²) < 4.78 is 16.1. The van der Waals surface area contributed by atoms with Gasteiger partial charge in [-0.25, -0.2) is 0 Å². The zero-order chi connectivity index (χ0) is 59.0. The van der Waals surface area contributed by atoms with E-state index in [-0.39, 0.29) is 17.9 Å². The zero-order valence-corrected chi connectivity index (χ0v) is 56.1. The smallest absolute Gasteiger partial charge is 0.305 e. The van der Waals surface area contributed by atoms with Gasteiger partial charge in [0.25, 0.3) is 0 Å². The number of rotatable bonds is 64. The summed E-state index contributed by atoms with van der Waals surface area (Å²) in [4.78, 5) is 35.1. The van der Waals surface area contributed by atoms with E-state index in [2.05, 4.69) is 48.5 Å². The number of ether oxygens (including phenoxy) is 3. The number of hydrogen-bond donors (Lipinski definition) is 0. The summed E-state index contributed by atoms with van der Waals surface area (Å²) in [6.07, 6.45) is 76.8. The normalized spacial score (nSPS) is 11.4. The summed E-state index contributed by atoms with van der Waals surface area (Å²) in [5.74, 6) is 0.609. The summed E-state index contributed by atoms with van der Waals surface area (Å²) in [5, 5.41) is 0. The number of unbranched alkanes of at least 4 members (excludes halogenated alkanes) is 49. The Morgan fingerprint density at radius 1 is 0.225 bits per heavy atom. The minimum absolute atomic E-state index is 0.0119. The van der Waals surface area contributed by atoms with Crippen molar-refractivity contribution in [3.05, 3.63) is 0 Å². The van der Waals surface area contributed by atoms with Crippen molar-refractivity contribution >= 4 is 17.9 Å². The van der Waals surface area contributed by atoms with Crippen LogP contribution in [0.15, 0.2) is 0 Å². The predicted molar refractivity (Wildman–Crippen MR) is 353 cm³/mol. The Labute approximate surface area is 503 Å². The lowest BCUT2D eigenvalue weighted by molar-refractivity contribution is -0.145. The summed E-state index contributed by atoms with van der Waals surface area (Å²) >= 11 is 0. The van der Waals surface area contributed by atoms with Gasteiger partial charge in [-0.2, -0.15) is 0 Å². The first-order chi connectivity index (χ1) is 39.4. The van der Waals surface area contributed by atoms with Crippen molar-refractivity contribution in [2.45, 2.75) is 434 Å². The SMILES string of the molecule is CCCCCCCCCCCC(=O)OCC(CC)CCCC.CCCCCCCCCCCCCCCCCCOC(=O)CCCCCCCCC.CCCCCCCCCCCCCCCCOC(=O)CCCCCCCCC. The standard InChI is InChI=1S/C28H56O2.C26H52O2.C20H40O2/c1-3-5-7-9-11-12-13-14-15-16-17-18-19-21-23-25-27-30-28(29)26-24-22-20-10-8-6-4-2;1-3-5-7-9-11-12-13-14-15-16-17-19-21-23-25-28-26(27)24-22-20-18-10-8-6-4-2;1-4-7-9-10-11-12-13-14-15-17-20(21)22-18-19(6-3)16-8-5-2/h3-27H2,1-2H3;3-25H2,1-2H3;19H,4-18H2,1-3H3. The molecule has 6 heteroatoms. The fourth-order valence-electron chi connectivity index (χ4n) is 10.7. The molecule has 0 spiro atoms. The average Bonchev–Trinajstić information content (AvgIpc) is 3.46. The van der Waals surface area contributed by atoms with Gasteiger partial charge >= 0.3 is 17.9 Å². The highest BCUT2D eigenvalue weighted by Gasteiger charge is 2.10. The molecular formula is C74H148O6. The third-order valence-corrected chi connectivity index (χ3v) is 16.5. The lowest BCUT2D eigenvalue weighted by atomic mass is 10.0. The summed E-state index contributed by atoms with van der Waals surface area (Å²) in [6, 6.07) is 0. The molecule has 0 heterocycles. The van der Waals surface area contributed by atoms with Gasteiger partial charge < -0.3 is 14.2 Å². The molecule has 0 saturated carbocycles. The van der Waals surface area contributed by atoms with E-state index in [4.69, 9.17) is 14.2 Å². The van der Waals surface area contributed by atoms with Crippen LogP contribution in [0.1, 0.15) is 434 Å². The van der Waals surface area contributed by atoms with Crippen molar-refractivity contribution < 1.29 is 28.6 Å². The molecule has 1 unspecified atom stereocenters. The van der Waals surface area contributed by atoms with Gasteiger partial charge in [0.15, 0.2) is 0 Å². The van der Waals surface area contributed by atoms with Crippen LogP contribution < -0.4 is 0 Å². The highest BCUT2D eigenvalue weighted by Crippen LogP contribution is 2.18. The molecule has 0 amide bonds. The maximum atomic E-state index is 11.7. The third kappa shape index (κ3) is 78.5. The van der Waals surface area contributed by atoms with Crippen LogP contribution in [0.4, 0.5) is 0 Å².